The lowest BCUT2D eigenvalue weighted by molar-refractivity contribution is -0.141. The van der Waals surface area contributed by atoms with Crippen molar-refractivity contribution in [3.05, 3.63) is 53.3 Å². The number of benzene rings is 2. The number of amides is 1. The fraction of sp³-hybridized carbons (Fsp3) is 0.227. The number of allylic oxidation sites excluding steroid dienone is 1. The van der Waals surface area contributed by atoms with Crippen LogP contribution in [-0.2, 0) is 9.59 Å². The van der Waals surface area contributed by atoms with E-state index in [4.69, 9.17) is 24.1 Å². The van der Waals surface area contributed by atoms with Gasteiger partial charge in [0.1, 0.15) is 17.5 Å². The standard InChI is InChI=1S/C22H21NO8/c1-12(22(26)27)23-20(24)11-30-14-5-6-15-17(10-14)31-19(21(15)25)9-13-4-7-16(28-2)18(8-13)29-3/h4-10,12H,11H2,1-3H3,(H,23,24)(H,26,27)/b19-9-/t12-/m1/s1. The molecule has 1 heterocycles. The van der Waals surface area contributed by atoms with Crippen LogP contribution in [0.5, 0.6) is 23.0 Å². The molecule has 0 saturated carbocycles. The van der Waals surface area contributed by atoms with Gasteiger partial charge in [0, 0.05) is 6.07 Å². The second-order valence-corrected chi connectivity index (χ2v) is 6.63. The number of Topliss-reactive ketones (excluding diaryl/α,β-unsaturated/α-hetero) is 1. The molecule has 9 nitrogen and oxygen atoms in total. The molecule has 1 amide bonds. The van der Waals surface area contributed by atoms with E-state index in [2.05, 4.69) is 5.32 Å². The van der Waals surface area contributed by atoms with Gasteiger partial charge in [0.15, 0.2) is 23.9 Å². The van der Waals surface area contributed by atoms with E-state index in [1.807, 2.05) is 0 Å². The Bertz CT molecular complexity index is 1060. The molecular weight excluding hydrogens is 406 g/mol. The Labute approximate surface area is 178 Å². The predicted octanol–water partition coefficient (Wildman–Crippen LogP) is 2.29. The first-order chi connectivity index (χ1) is 14.8. The van der Waals surface area contributed by atoms with Crippen molar-refractivity contribution >= 4 is 23.7 Å². The number of carbonyl (C=O) groups excluding carboxylic acids is 2. The van der Waals surface area contributed by atoms with E-state index < -0.39 is 17.9 Å². The van der Waals surface area contributed by atoms with E-state index in [0.29, 0.717) is 34.1 Å². The fourth-order valence-corrected chi connectivity index (χ4v) is 2.84. The smallest absolute Gasteiger partial charge is 0.325 e. The number of hydrogen-bond acceptors (Lipinski definition) is 7. The summed E-state index contributed by atoms with van der Waals surface area (Å²) in [6.07, 6.45) is 1.59. The van der Waals surface area contributed by atoms with Gasteiger partial charge in [-0.15, -0.1) is 0 Å². The molecule has 2 aromatic carbocycles. The number of nitrogens with one attached hydrogen (secondary N) is 1. The molecule has 0 aliphatic carbocycles. The van der Waals surface area contributed by atoms with Gasteiger partial charge >= 0.3 is 5.97 Å². The third-order valence-electron chi connectivity index (χ3n) is 4.46. The Hall–Kier alpha value is -4.01. The molecule has 162 valence electrons. The summed E-state index contributed by atoms with van der Waals surface area (Å²) in [5.74, 6) is -0.198. The zero-order valence-electron chi connectivity index (χ0n) is 17.1. The molecule has 2 N–H and O–H groups in total. The molecule has 0 unspecified atom stereocenters. The molecule has 0 bridgehead atoms. The molecule has 31 heavy (non-hydrogen) atoms. The maximum Gasteiger partial charge on any atom is 0.325 e. The Balaban J connectivity index is 1.71. The zero-order valence-corrected chi connectivity index (χ0v) is 17.1. The molecule has 1 aliphatic heterocycles. The molecule has 1 atom stereocenters. The summed E-state index contributed by atoms with van der Waals surface area (Å²) in [7, 11) is 3.05. The van der Waals surface area contributed by atoms with Crippen molar-refractivity contribution < 1.29 is 38.4 Å². The van der Waals surface area contributed by atoms with Crippen molar-refractivity contribution in [1.82, 2.24) is 5.32 Å². The van der Waals surface area contributed by atoms with Crippen LogP contribution in [0.1, 0.15) is 22.8 Å². The summed E-state index contributed by atoms with van der Waals surface area (Å²) >= 11 is 0. The largest absolute Gasteiger partial charge is 0.493 e. The van der Waals surface area contributed by atoms with Crippen molar-refractivity contribution in [3.8, 4) is 23.0 Å². The molecule has 2 aromatic rings. The van der Waals surface area contributed by atoms with Gasteiger partial charge in [-0.1, -0.05) is 6.07 Å². The van der Waals surface area contributed by atoms with Crippen LogP contribution in [-0.4, -0.2) is 49.6 Å². The minimum atomic E-state index is -1.15. The third kappa shape index (κ3) is 4.95. The van der Waals surface area contributed by atoms with Gasteiger partial charge in [0.05, 0.1) is 19.8 Å². The van der Waals surface area contributed by atoms with Crippen molar-refractivity contribution in [3.63, 3.8) is 0 Å². The van der Waals surface area contributed by atoms with Crippen LogP contribution in [0.25, 0.3) is 6.08 Å². The summed E-state index contributed by atoms with van der Waals surface area (Å²) in [6.45, 7) is 0.972. The highest BCUT2D eigenvalue weighted by Crippen LogP contribution is 2.35. The molecule has 3 rings (SSSR count). The average Bonchev–Trinajstić information content (AvgIpc) is 3.06. The van der Waals surface area contributed by atoms with Crippen LogP contribution in [0.4, 0.5) is 0 Å². The summed E-state index contributed by atoms with van der Waals surface area (Å²) < 4.78 is 21.5. The topological polar surface area (TPSA) is 120 Å². The Morgan fingerprint density at radius 1 is 1.13 bits per heavy atom. The van der Waals surface area contributed by atoms with Crippen LogP contribution < -0.4 is 24.3 Å². The minimum absolute atomic E-state index is 0.132. The monoisotopic (exact) mass is 427 g/mol. The number of fused-ring (bicyclic) bond motifs is 1. The van der Waals surface area contributed by atoms with Crippen LogP contribution in [0.2, 0.25) is 0 Å². The molecule has 0 aromatic heterocycles. The number of aliphatic carboxylic acids is 1. The van der Waals surface area contributed by atoms with Crippen molar-refractivity contribution in [2.24, 2.45) is 0 Å². The summed E-state index contributed by atoms with van der Waals surface area (Å²) in [5, 5.41) is 11.1. The Morgan fingerprint density at radius 3 is 2.55 bits per heavy atom. The van der Waals surface area contributed by atoms with Gasteiger partial charge in [-0.05, 0) is 42.8 Å². The average molecular weight is 427 g/mol. The van der Waals surface area contributed by atoms with E-state index in [-0.39, 0.29) is 18.1 Å². The number of carboxylic acids is 1. The normalized spacial score (nSPS) is 14.4. The van der Waals surface area contributed by atoms with Crippen molar-refractivity contribution in [2.45, 2.75) is 13.0 Å². The van der Waals surface area contributed by atoms with E-state index in [1.165, 1.54) is 33.3 Å². The minimum Gasteiger partial charge on any atom is -0.493 e. The third-order valence-corrected chi connectivity index (χ3v) is 4.46. The number of rotatable bonds is 8. The first kappa shape index (κ1) is 21.7. The van der Waals surface area contributed by atoms with E-state index in [1.54, 1.807) is 30.3 Å². The number of ketones is 1. The molecule has 9 heteroatoms. The maximum atomic E-state index is 12.6. The van der Waals surface area contributed by atoms with Crippen LogP contribution >= 0.6 is 0 Å². The van der Waals surface area contributed by atoms with Crippen LogP contribution in [0.3, 0.4) is 0 Å². The van der Waals surface area contributed by atoms with Gasteiger partial charge < -0.3 is 29.4 Å². The second kappa shape index (κ2) is 9.21. The van der Waals surface area contributed by atoms with Gasteiger partial charge in [-0.25, -0.2) is 0 Å². The predicted molar refractivity (Wildman–Crippen MR) is 110 cm³/mol. The van der Waals surface area contributed by atoms with Crippen LogP contribution in [0, 0.1) is 0 Å². The number of methoxy groups -OCH3 is 2. The highest BCUT2D eigenvalue weighted by Gasteiger charge is 2.28. The highest BCUT2D eigenvalue weighted by atomic mass is 16.5. The van der Waals surface area contributed by atoms with E-state index in [0.717, 1.165) is 0 Å². The number of ether oxygens (including phenoxy) is 4. The van der Waals surface area contributed by atoms with Gasteiger partial charge in [0.2, 0.25) is 5.78 Å². The molecule has 0 fully saturated rings. The van der Waals surface area contributed by atoms with E-state index >= 15 is 0 Å². The Morgan fingerprint density at radius 2 is 1.87 bits per heavy atom. The number of carbonyl (C=O) groups is 3. The van der Waals surface area contributed by atoms with Gasteiger partial charge in [-0.3, -0.25) is 14.4 Å². The fourth-order valence-electron chi connectivity index (χ4n) is 2.84. The van der Waals surface area contributed by atoms with Crippen LogP contribution in [0.15, 0.2) is 42.2 Å². The first-order valence-corrected chi connectivity index (χ1v) is 9.27. The molecule has 0 saturated heterocycles. The first-order valence-electron chi connectivity index (χ1n) is 9.27. The number of hydrogen-bond donors (Lipinski definition) is 2. The van der Waals surface area contributed by atoms with E-state index in [9.17, 15) is 14.4 Å². The van der Waals surface area contributed by atoms with Crippen molar-refractivity contribution in [2.75, 3.05) is 20.8 Å². The Kier molecular flexibility index (Phi) is 6.44. The molecule has 0 spiro atoms. The number of carboxylic acid groups (broad SMARTS) is 1. The molecular formula is C22H21NO8. The lowest BCUT2D eigenvalue weighted by Crippen LogP contribution is -2.40. The maximum absolute atomic E-state index is 12.6. The van der Waals surface area contributed by atoms with Crippen molar-refractivity contribution in [1.29, 1.82) is 0 Å². The van der Waals surface area contributed by atoms with Gasteiger partial charge in [-0.2, -0.15) is 0 Å². The highest BCUT2D eigenvalue weighted by molar-refractivity contribution is 6.14. The quantitative estimate of drug-likeness (QED) is 0.616. The van der Waals surface area contributed by atoms with Gasteiger partial charge in [0.25, 0.3) is 5.91 Å². The summed E-state index contributed by atoms with van der Waals surface area (Å²) in [4.78, 5) is 35.2. The lowest BCUT2D eigenvalue weighted by Gasteiger charge is -2.10. The summed E-state index contributed by atoms with van der Waals surface area (Å²) in [6, 6.07) is 8.75. The SMILES string of the molecule is COc1ccc(/C=C2\Oc3cc(OCC(=O)N[C@H](C)C(=O)O)ccc3C2=O)cc1OC. The second-order valence-electron chi connectivity index (χ2n) is 6.63. The lowest BCUT2D eigenvalue weighted by atomic mass is 10.1. The zero-order chi connectivity index (χ0) is 22.5. The summed E-state index contributed by atoms with van der Waals surface area (Å²) in [5.41, 5.74) is 1.05. The molecule has 1 aliphatic rings. The molecule has 0 radical (unpaired) electrons.